The largest absolute Gasteiger partial charge is 0.311 e. The van der Waals surface area contributed by atoms with Crippen molar-refractivity contribution in [2.45, 2.75) is 24.7 Å². The quantitative estimate of drug-likeness (QED) is 0.121. The van der Waals surface area contributed by atoms with Crippen molar-refractivity contribution < 1.29 is 0 Å². The first kappa shape index (κ1) is 41.8. The molecule has 0 heterocycles. The molecule has 0 N–H and O–H groups in total. The van der Waals surface area contributed by atoms with Crippen molar-refractivity contribution in [1.29, 1.82) is 0 Å². The van der Waals surface area contributed by atoms with E-state index in [1.165, 1.54) is 43.8 Å². The Kier molecular flexibility index (Phi) is 11.7. The first-order chi connectivity index (χ1) is 32.5. The van der Waals surface area contributed by atoms with Crippen molar-refractivity contribution in [3.8, 4) is 0 Å². The zero-order valence-corrected chi connectivity index (χ0v) is 37.2. The summed E-state index contributed by atoms with van der Waals surface area (Å²) in [6, 6.07) is 77.1. The van der Waals surface area contributed by atoms with E-state index in [-0.39, 0.29) is 0 Å². The molecule has 0 aliphatic heterocycles. The Labute approximate surface area is 389 Å². The van der Waals surface area contributed by atoms with E-state index in [0.29, 0.717) is 6.42 Å². The average Bonchev–Trinajstić information content (AvgIpc) is 3.42. The van der Waals surface area contributed by atoms with Crippen LogP contribution in [0.2, 0.25) is 0 Å². The molecule has 0 bridgehead atoms. The Hall–Kier alpha value is -8.20. The van der Waals surface area contributed by atoms with E-state index in [9.17, 15) is 0 Å². The zero-order chi connectivity index (χ0) is 44.9. The second-order valence-corrected chi connectivity index (χ2v) is 17.3. The number of hydrogen-bond donors (Lipinski definition) is 0. The summed E-state index contributed by atoms with van der Waals surface area (Å²) >= 11 is 0. The number of allylic oxidation sites excluding steroid dienone is 4. The van der Waals surface area contributed by atoms with E-state index >= 15 is 0 Å². The SMILES string of the molecule is C=Cc1ccc(CC2(Cc3ccc(C=C)cc3)C(=C)/C=C\C(N(c3ccccc3)c3ccc4ccccc4c3)=C/Cc3cc(N(c4ccccc4)c4ccc5ccccc5c4)ccc32)cc1. The summed E-state index contributed by atoms with van der Waals surface area (Å²) in [6.45, 7) is 13.2. The molecule has 0 saturated carbocycles. The molecule has 2 nitrogen and oxygen atoms in total. The summed E-state index contributed by atoms with van der Waals surface area (Å²) in [7, 11) is 0. The lowest BCUT2D eigenvalue weighted by Crippen LogP contribution is -2.34. The van der Waals surface area contributed by atoms with E-state index in [2.05, 4.69) is 254 Å². The van der Waals surface area contributed by atoms with Gasteiger partial charge in [0, 0.05) is 39.5 Å². The fraction of sp³-hybridized carbons (Fsp3) is 0.0625. The Balaban J connectivity index is 1.21. The maximum atomic E-state index is 5.06. The lowest BCUT2D eigenvalue weighted by Gasteiger charge is -2.38. The molecule has 9 aromatic carbocycles. The van der Waals surface area contributed by atoms with E-state index in [4.69, 9.17) is 6.58 Å². The molecule has 0 amide bonds. The number of para-hydroxylation sites is 2. The Morgan fingerprint density at radius 3 is 1.41 bits per heavy atom. The fourth-order valence-corrected chi connectivity index (χ4v) is 9.72. The monoisotopic (exact) mass is 848 g/mol. The van der Waals surface area contributed by atoms with E-state index in [1.807, 2.05) is 12.2 Å². The van der Waals surface area contributed by atoms with Crippen LogP contribution in [-0.4, -0.2) is 0 Å². The fourth-order valence-electron chi connectivity index (χ4n) is 9.72. The number of rotatable bonds is 12. The number of anilines is 5. The average molecular weight is 849 g/mol. The number of nitrogens with zero attached hydrogens (tertiary/aromatic N) is 2. The Morgan fingerprint density at radius 2 is 0.879 bits per heavy atom. The van der Waals surface area contributed by atoms with Crippen molar-refractivity contribution in [2.24, 2.45) is 0 Å². The maximum Gasteiger partial charge on any atom is 0.0468 e. The smallest absolute Gasteiger partial charge is 0.0468 e. The topological polar surface area (TPSA) is 6.48 Å². The van der Waals surface area contributed by atoms with Gasteiger partial charge in [0.1, 0.15) is 0 Å². The standard InChI is InChI=1S/C64H52N2/c1-4-48-25-29-50(30-26-48)45-64(46-51-31-27-49(5-2)28-32-51)47(3)24-36-59(65(57-20-8-6-9-21-57)60-38-33-52-16-12-14-18-54(52)42-60)37-35-56-44-62(40-41-63(56)64)66(58-22-10-7-11-23-58)61-39-34-53-17-13-15-19-55(53)43-61/h4-34,36-44H,1-3,35,45-46H2/b36-24-,59-37+. The third kappa shape index (κ3) is 8.45. The van der Waals surface area contributed by atoms with Gasteiger partial charge in [-0.1, -0.05) is 196 Å². The summed E-state index contributed by atoms with van der Waals surface area (Å²) in [6.07, 6.45) is 13.0. The third-order valence-corrected chi connectivity index (χ3v) is 13.2. The van der Waals surface area contributed by atoms with Gasteiger partial charge in [-0.3, -0.25) is 0 Å². The van der Waals surface area contributed by atoms with E-state index in [0.717, 1.165) is 63.7 Å². The molecule has 0 spiro atoms. The highest BCUT2D eigenvalue weighted by molar-refractivity contribution is 5.90. The highest BCUT2D eigenvalue weighted by Gasteiger charge is 2.38. The van der Waals surface area contributed by atoms with Crippen LogP contribution in [0.1, 0.15) is 33.4 Å². The van der Waals surface area contributed by atoms with Crippen LogP contribution in [0, 0.1) is 0 Å². The van der Waals surface area contributed by atoms with Crippen molar-refractivity contribution in [3.05, 3.63) is 295 Å². The van der Waals surface area contributed by atoms with Crippen LogP contribution in [-0.2, 0) is 24.7 Å². The molecule has 0 atom stereocenters. The van der Waals surface area contributed by atoms with Crippen LogP contribution < -0.4 is 9.80 Å². The predicted molar refractivity (Wildman–Crippen MR) is 283 cm³/mol. The second-order valence-electron chi connectivity index (χ2n) is 17.3. The predicted octanol–water partition coefficient (Wildman–Crippen LogP) is 16.9. The molecular weight excluding hydrogens is 797 g/mol. The van der Waals surface area contributed by atoms with Gasteiger partial charge in [0.05, 0.1) is 0 Å². The van der Waals surface area contributed by atoms with Gasteiger partial charge in [-0.25, -0.2) is 0 Å². The summed E-state index contributed by atoms with van der Waals surface area (Å²) < 4.78 is 0. The van der Waals surface area contributed by atoms with Gasteiger partial charge in [0.25, 0.3) is 0 Å². The molecule has 66 heavy (non-hydrogen) atoms. The molecule has 1 aliphatic rings. The maximum absolute atomic E-state index is 5.06. The molecule has 1 aliphatic carbocycles. The molecule has 9 aromatic rings. The minimum atomic E-state index is -0.528. The van der Waals surface area contributed by atoms with Crippen LogP contribution >= 0.6 is 0 Å². The Morgan fingerprint density at radius 1 is 0.424 bits per heavy atom. The number of hydrogen-bond acceptors (Lipinski definition) is 2. The van der Waals surface area contributed by atoms with Crippen LogP contribution in [0.15, 0.2) is 262 Å². The van der Waals surface area contributed by atoms with E-state index < -0.39 is 5.41 Å². The molecule has 2 heteroatoms. The van der Waals surface area contributed by atoms with Gasteiger partial charge in [0.2, 0.25) is 0 Å². The van der Waals surface area contributed by atoms with Crippen molar-refractivity contribution in [3.63, 3.8) is 0 Å². The first-order valence-electron chi connectivity index (χ1n) is 22.8. The van der Waals surface area contributed by atoms with Crippen molar-refractivity contribution >= 4 is 62.1 Å². The molecule has 10 rings (SSSR count). The van der Waals surface area contributed by atoms with Gasteiger partial charge < -0.3 is 9.80 Å². The highest BCUT2D eigenvalue weighted by Crippen LogP contribution is 2.46. The van der Waals surface area contributed by atoms with Gasteiger partial charge >= 0.3 is 0 Å². The van der Waals surface area contributed by atoms with Crippen molar-refractivity contribution in [1.82, 2.24) is 0 Å². The van der Waals surface area contributed by atoms with Crippen LogP contribution in [0.25, 0.3) is 33.7 Å². The third-order valence-electron chi connectivity index (χ3n) is 13.2. The molecule has 0 aromatic heterocycles. The zero-order valence-electron chi connectivity index (χ0n) is 37.2. The minimum Gasteiger partial charge on any atom is -0.311 e. The summed E-state index contributed by atoms with van der Waals surface area (Å²) in [5, 5.41) is 4.83. The summed E-state index contributed by atoms with van der Waals surface area (Å²) in [5.41, 5.74) is 14.3. The van der Waals surface area contributed by atoms with Crippen LogP contribution in [0.4, 0.5) is 28.4 Å². The molecular formula is C64H52N2. The first-order valence-corrected chi connectivity index (χ1v) is 22.8. The van der Waals surface area contributed by atoms with Gasteiger partial charge in [-0.05, 0) is 147 Å². The highest BCUT2D eigenvalue weighted by atomic mass is 15.1. The second kappa shape index (κ2) is 18.5. The van der Waals surface area contributed by atoms with E-state index in [1.54, 1.807) is 0 Å². The Bertz CT molecular complexity index is 3210. The van der Waals surface area contributed by atoms with Crippen LogP contribution in [0.5, 0.6) is 0 Å². The van der Waals surface area contributed by atoms with Gasteiger partial charge in [0.15, 0.2) is 0 Å². The van der Waals surface area contributed by atoms with Gasteiger partial charge in [-0.2, -0.15) is 0 Å². The lowest BCUT2D eigenvalue weighted by molar-refractivity contribution is 0.503. The summed E-state index contributed by atoms with van der Waals surface area (Å²) in [4.78, 5) is 4.78. The lowest BCUT2D eigenvalue weighted by atomic mass is 9.65. The normalized spacial score (nSPS) is 14.5. The van der Waals surface area contributed by atoms with Gasteiger partial charge in [-0.15, -0.1) is 0 Å². The minimum absolute atomic E-state index is 0.528. The van der Waals surface area contributed by atoms with Crippen LogP contribution in [0.3, 0.4) is 0 Å². The van der Waals surface area contributed by atoms with Crippen molar-refractivity contribution in [2.75, 3.05) is 9.80 Å². The molecule has 0 radical (unpaired) electrons. The molecule has 0 unspecified atom stereocenters. The molecule has 0 fully saturated rings. The molecule has 318 valence electrons. The summed E-state index contributed by atoms with van der Waals surface area (Å²) in [5.74, 6) is 0. The number of fused-ring (bicyclic) bond motifs is 3. The molecule has 0 saturated heterocycles. The number of benzene rings is 9.